The molecule has 0 aromatic heterocycles. The number of hydrogen-bond donors (Lipinski definition) is 0. The van der Waals surface area contributed by atoms with Gasteiger partial charge in [-0.05, 0) is 0 Å². The number of halogens is 9. The van der Waals surface area contributed by atoms with Gasteiger partial charge in [-0.2, -0.15) is 39.5 Å². The zero-order valence-electron chi connectivity index (χ0n) is 10.7. The molecule has 0 amide bonds. The van der Waals surface area contributed by atoms with Crippen LogP contribution >= 0.6 is 0 Å². The molecule has 0 rings (SSSR count). The summed E-state index contributed by atoms with van der Waals surface area (Å²) >= 11 is 1.06. The SMILES string of the molecule is O=S(=O)([O-])C(F)(F)F.O=S(=O)([O-])C(F)(F)F.O=S(=O)([O-])C(F)(F)F.[O]=[V+3]. The van der Waals surface area contributed by atoms with E-state index in [0.717, 1.165) is 17.4 Å². The Morgan fingerprint density at radius 2 is 0.500 bits per heavy atom. The molecule has 0 saturated carbocycles. The van der Waals surface area contributed by atoms with E-state index in [9.17, 15) is 39.5 Å². The third-order valence-electron chi connectivity index (χ3n) is 0.850. The molecular formula is C3F9O10S3V. The molecule has 23 heteroatoms. The van der Waals surface area contributed by atoms with E-state index in [-0.39, 0.29) is 0 Å². The molecule has 0 bridgehead atoms. The molecule has 0 N–H and O–H groups in total. The van der Waals surface area contributed by atoms with Crippen molar-refractivity contribution in [2.45, 2.75) is 16.5 Å². The second kappa shape index (κ2) is 10.7. The summed E-state index contributed by atoms with van der Waals surface area (Å²) in [6, 6.07) is 0. The Kier molecular flexibility index (Phi) is 13.7. The van der Waals surface area contributed by atoms with E-state index in [4.69, 9.17) is 42.6 Å². The first-order valence-electron chi connectivity index (χ1n) is 4.00. The van der Waals surface area contributed by atoms with Crippen LogP contribution in [0.4, 0.5) is 39.5 Å². The molecule has 0 atom stereocenters. The van der Waals surface area contributed by atoms with Crippen LogP contribution in [0.3, 0.4) is 0 Å². The van der Waals surface area contributed by atoms with E-state index in [0.29, 0.717) is 0 Å². The molecule has 0 unspecified atom stereocenters. The van der Waals surface area contributed by atoms with Crippen LogP contribution in [0.1, 0.15) is 0 Å². The van der Waals surface area contributed by atoms with E-state index >= 15 is 0 Å². The van der Waals surface area contributed by atoms with E-state index in [2.05, 4.69) is 0 Å². The normalized spacial score (nSPS) is 13.2. The fourth-order valence-corrected chi connectivity index (χ4v) is 0. The molecular weight excluding hydrogens is 514 g/mol. The maximum atomic E-state index is 10.7. The average molecular weight is 514 g/mol. The van der Waals surface area contributed by atoms with Crippen molar-refractivity contribution in [1.82, 2.24) is 0 Å². The average Bonchev–Trinajstić information content (AvgIpc) is 2.24. The second-order valence-electron chi connectivity index (χ2n) is 2.70. The van der Waals surface area contributed by atoms with Crippen LogP contribution in [0.5, 0.6) is 0 Å². The Labute approximate surface area is 146 Å². The first kappa shape index (κ1) is 33.1. The predicted octanol–water partition coefficient (Wildman–Crippen LogP) is 0.0329. The van der Waals surface area contributed by atoms with Gasteiger partial charge in [0.15, 0.2) is 30.4 Å². The Balaban J connectivity index is -0.000000133. The molecule has 0 fully saturated rings. The van der Waals surface area contributed by atoms with Crippen molar-refractivity contribution in [1.29, 1.82) is 0 Å². The zero-order chi connectivity index (χ0) is 23.0. The summed E-state index contributed by atoms with van der Waals surface area (Å²) in [5.41, 5.74) is -16.9. The van der Waals surface area contributed by atoms with Crippen molar-refractivity contribution in [3.05, 3.63) is 0 Å². The van der Waals surface area contributed by atoms with Gasteiger partial charge in [0.25, 0.3) is 0 Å². The van der Waals surface area contributed by atoms with Crippen molar-refractivity contribution in [2.24, 2.45) is 0 Å². The van der Waals surface area contributed by atoms with Gasteiger partial charge in [0, 0.05) is 0 Å². The van der Waals surface area contributed by atoms with Crippen LogP contribution in [0.25, 0.3) is 0 Å². The van der Waals surface area contributed by atoms with Gasteiger partial charge in [0.2, 0.25) is 0 Å². The Morgan fingerprint density at radius 3 is 0.500 bits per heavy atom. The molecule has 0 aromatic rings. The quantitative estimate of drug-likeness (QED) is 0.242. The molecule has 0 aliphatic heterocycles. The summed E-state index contributed by atoms with van der Waals surface area (Å²) in [5.74, 6) is 0. The van der Waals surface area contributed by atoms with E-state index < -0.39 is 46.9 Å². The molecule has 0 radical (unpaired) electrons. The Morgan fingerprint density at radius 1 is 0.462 bits per heavy atom. The third-order valence-corrected chi connectivity index (χ3v) is 2.55. The third kappa shape index (κ3) is 16.9. The van der Waals surface area contributed by atoms with Crippen LogP contribution in [0, 0.1) is 0 Å². The molecule has 0 aromatic carbocycles. The number of rotatable bonds is 0. The van der Waals surface area contributed by atoms with E-state index in [1.54, 1.807) is 0 Å². The van der Waals surface area contributed by atoms with Crippen molar-refractivity contribution in [3.63, 3.8) is 0 Å². The molecule has 0 aliphatic rings. The van der Waals surface area contributed by atoms with Crippen LogP contribution in [-0.4, -0.2) is 55.4 Å². The summed E-state index contributed by atoms with van der Waals surface area (Å²) in [6.07, 6.45) is 0. The molecule has 26 heavy (non-hydrogen) atoms. The number of hydrogen-bond acceptors (Lipinski definition) is 10. The van der Waals surface area contributed by atoms with Crippen LogP contribution < -0.4 is 0 Å². The second-order valence-corrected chi connectivity index (χ2v) is 6.81. The summed E-state index contributed by atoms with van der Waals surface area (Å²) in [6.45, 7) is 0. The van der Waals surface area contributed by atoms with Gasteiger partial charge in [-0.15, -0.1) is 0 Å². The molecule has 10 nitrogen and oxygen atoms in total. The summed E-state index contributed by atoms with van der Waals surface area (Å²) < 4.78 is 185. The van der Waals surface area contributed by atoms with Crippen LogP contribution in [0.2, 0.25) is 0 Å². The Bertz CT molecular complexity index is 613. The van der Waals surface area contributed by atoms with Gasteiger partial charge in [0.1, 0.15) is 0 Å². The molecule has 158 valence electrons. The van der Waals surface area contributed by atoms with Crippen molar-refractivity contribution in [2.75, 3.05) is 0 Å². The molecule has 0 aliphatic carbocycles. The fraction of sp³-hybridized carbons (Fsp3) is 1.00. The Hall–Kier alpha value is -0.516. The molecule has 0 spiro atoms. The number of alkyl halides is 9. The monoisotopic (exact) mass is 514 g/mol. The fourth-order valence-electron chi connectivity index (χ4n) is 0. The summed E-state index contributed by atoms with van der Waals surface area (Å²) in [7, 11) is -18.3. The minimum atomic E-state index is -6.09. The van der Waals surface area contributed by atoms with Gasteiger partial charge in [-0.25, -0.2) is 25.3 Å². The van der Waals surface area contributed by atoms with Crippen molar-refractivity contribution >= 4 is 30.4 Å². The van der Waals surface area contributed by atoms with Gasteiger partial charge in [0.05, 0.1) is 0 Å². The topological polar surface area (TPSA) is 189 Å². The van der Waals surface area contributed by atoms with E-state index in [1.165, 1.54) is 0 Å². The van der Waals surface area contributed by atoms with Gasteiger partial charge >= 0.3 is 37.6 Å². The summed E-state index contributed by atoms with van der Waals surface area (Å²) in [5, 5.41) is 0. The van der Waals surface area contributed by atoms with Gasteiger partial charge < -0.3 is 13.7 Å². The minimum absolute atomic E-state index is 1.06. The van der Waals surface area contributed by atoms with Crippen LogP contribution in [0.15, 0.2) is 0 Å². The predicted molar refractivity (Wildman–Crippen MR) is 47.9 cm³/mol. The molecule has 0 heterocycles. The van der Waals surface area contributed by atoms with Crippen molar-refractivity contribution < 1.29 is 99.5 Å². The van der Waals surface area contributed by atoms with Gasteiger partial charge in [-0.1, -0.05) is 0 Å². The standard InChI is InChI=1S/3CHF3O3S.O.V/c3*2-1(3,4)8(5,6)7;;/h3*(H,5,6,7);;/q;;;;+3/p-3. The molecule has 0 saturated heterocycles. The summed E-state index contributed by atoms with van der Waals surface area (Å²) in [4.78, 5) is 0. The van der Waals surface area contributed by atoms with E-state index in [1.807, 2.05) is 0 Å². The zero-order valence-corrected chi connectivity index (χ0v) is 14.5. The maximum absolute atomic E-state index is 10.7. The van der Waals surface area contributed by atoms with Crippen LogP contribution in [-0.2, 0) is 51.4 Å². The van der Waals surface area contributed by atoms with Crippen molar-refractivity contribution in [3.8, 4) is 0 Å². The van der Waals surface area contributed by atoms with Gasteiger partial charge in [-0.3, -0.25) is 0 Å². The first-order valence-corrected chi connectivity index (χ1v) is 8.79. The first-order chi connectivity index (χ1) is 10.8.